The minimum Gasteiger partial charge on any atom is -0.491 e. The van der Waals surface area contributed by atoms with E-state index < -0.39 is 17.5 Å². The lowest BCUT2D eigenvalue weighted by Gasteiger charge is -2.28. The molecule has 0 spiro atoms. The summed E-state index contributed by atoms with van der Waals surface area (Å²) in [6.45, 7) is 5.06. The summed E-state index contributed by atoms with van der Waals surface area (Å²) in [5.74, 6) is 0.854. The number of hydrogen-bond donors (Lipinski definition) is 3. The van der Waals surface area contributed by atoms with Crippen molar-refractivity contribution in [3.05, 3.63) is 77.9 Å². The van der Waals surface area contributed by atoms with Crippen molar-refractivity contribution in [2.24, 2.45) is 5.41 Å². The van der Waals surface area contributed by atoms with E-state index >= 15 is 0 Å². The minimum atomic E-state index is -1.62. The van der Waals surface area contributed by atoms with Crippen molar-refractivity contribution in [3.8, 4) is 23.3 Å². The van der Waals surface area contributed by atoms with Crippen LogP contribution in [0.15, 0.2) is 66.8 Å². The molecule has 8 heteroatoms. The summed E-state index contributed by atoms with van der Waals surface area (Å²) < 4.78 is 16.7. The summed E-state index contributed by atoms with van der Waals surface area (Å²) in [7, 11) is 0. The van der Waals surface area contributed by atoms with Crippen molar-refractivity contribution < 1.29 is 29.2 Å². The van der Waals surface area contributed by atoms with Crippen LogP contribution >= 0.6 is 0 Å². The maximum atomic E-state index is 11.4. The van der Waals surface area contributed by atoms with Gasteiger partial charge in [-0.25, -0.2) is 4.79 Å². The van der Waals surface area contributed by atoms with Crippen molar-refractivity contribution in [2.45, 2.75) is 50.7 Å². The molecule has 0 unspecified atom stereocenters. The van der Waals surface area contributed by atoms with Crippen molar-refractivity contribution in [2.75, 3.05) is 19.9 Å². The molecule has 0 saturated carbocycles. The molecule has 2 aliphatic rings. The molecule has 1 aliphatic heterocycles. The first-order valence-corrected chi connectivity index (χ1v) is 12.8. The van der Waals surface area contributed by atoms with Crippen LogP contribution in [0.1, 0.15) is 43.7 Å². The van der Waals surface area contributed by atoms with Crippen LogP contribution in [0.25, 0.3) is 0 Å². The average Bonchev–Trinajstić information content (AvgIpc) is 3.39. The number of nitriles is 1. The first-order valence-electron chi connectivity index (χ1n) is 12.8. The number of fused-ring (bicyclic) bond motifs is 1. The number of aliphatic carboxylic acids is 1. The summed E-state index contributed by atoms with van der Waals surface area (Å²) in [5, 5.41) is 32.5. The van der Waals surface area contributed by atoms with E-state index in [1.807, 2.05) is 42.5 Å². The number of allylic oxidation sites excluding steroid dienone is 2. The number of carboxylic acids is 1. The fourth-order valence-corrected chi connectivity index (χ4v) is 4.49. The third kappa shape index (κ3) is 6.74. The van der Waals surface area contributed by atoms with E-state index in [9.17, 15) is 20.3 Å². The second kappa shape index (κ2) is 11.7. The number of carboxylic acid groups (broad SMARTS) is 1. The third-order valence-corrected chi connectivity index (χ3v) is 6.88. The molecule has 1 heterocycles. The van der Waals surface area contributed by atoms with Gasteiger partial charge in [0, 0.05) is 18.0 Å². The highest BCUT2D eigenvalue weighted by molar-refractivity contribution is 5.83. The standard InChI is InChI=1S/C30H34N2O6/c1-29(2,12-4-5-21-8-9-26-27(15-21)38-20-37-26)32-17-24(33)18-36-25-7-3-6-23(16-25)22-10-13-30(19-31,14-11-22)28(34)35/h3,6-11,13-16,22,24,32-33H,4-5,12,17-18,20H2,1-2H3,(H,34,35)/t22?,24-,30?/m1/s1. The molecule has 0 fully saturated rings. The Labute approximate surface area is 223 Å². The molecule has 8 nitrogen and oxygen atoms in total. The zero-order chi connectivity index (χ0) is 27.2. The zero-order valence-electron chi connectivity index (χ0n) is 21.7. The number of aliphatic hydroxyl groups is 1. The van der Waals surface area contributed by atoms with Gasteiger partial charge in [0.15, 0.2) is 16.9 Å². The van der Waals surface area contributed by atoms with Gasteiger partial charge < -0.3 is 29.7 Å². The fraction of sp³-hybridized carbons (Fsp3) is 0.400. The monoisotopic (exact) mass is 518 g/mol. The summed E-state index contributed by atoms with van der Waals surface area (Å²) in [4.78, 5) is 11.4. The largest absolute Gasteiger partial charge is 0.491 e. The van der Waals surface area contributed by atoms with E-state index in [2.05, 4.69) is 25.2 Å². The maximum Gasteiger partial charge on any atom is 0.332 e. The number of nitrogens with one attached hydrogen (secondary N) is 1. The minimum absolute atomic E-state index is 0.136. The Kier molecular flexibility index (Phi) is 8.40. The van der Waals surface area contributed by atoms with E-state index in [1.165, 1.54) is 17.7 Å². The van der Waals surface area contributed by atoms with Crippen LogP contribution in [0.2, 0.25) is 0 Å². The molecule has 2 aromatic carbocycles. The molecule has 200 valence electrons. The predicted octanol–water partition coefficient (Wildman–Crippen LogP) is 4.35. The smallest absolute Gasteiger partial charge is 0.332 e. The second-order valence-electron chi connectivity index (χ2n) is 10.4. The van der Waals surface area contributed by atoms with Gasteiger partial charge in [-0.1, -0.05) is 42.5 Å². The quantitative estimate of drug-likeness (QED) is 0.355. The number of aliphatic hydroxyl groups excluding tert-OH is 1. The van der Waals surface area contributed by atoms with Gasteiger partial charge >= 0.3 is 5.97 Å². The van der Waals surface area contributed by atoms with Crippen molar-refractivity contribution in [1.82, 2.24) is 5.32 Å². The highest BCUT2D eigenvalue weighted by Crippen LogP contribution is 2.34. The summed E-state index contributed by atoms with van der Waals surface area (Å²) in [6.07, 6.45) is 8.43. The van der Waals surface area contributed by atoms with E-state index in [1.54, 1.807) is 12.2 Å². The van der Waals surface area contributed by atoms with E-state index in [-0.39, 0.29) is 24.9 Å². The summed E-state index contributed by atoms with van der Waals surface area (Å²) >= 11 is 0. The van der Waals surface area contributed by atoms with Crippen LogP contribution in [0.5, 0.6) is 17.2 Å². The molecule has 0 saturated heterocycles. The van der Waals surface area contributed by atoms with Gasteiger partial charge in [-0.3, -0.25) is 0 Å². The topological polar surface area (TPSA) is 121 Å². The van der Waals surface area contributed by atoms with Crippen molar-refractivity contribution in [3.63, 3.8) is 0 Å². The fourth-order valence-electron chi connectivity index (χ4n) is 4.49. The number of carbonyl (C=O) groups is 1. The van der Waals surface area contributed by atoms with Gasteiger partial charge in [-0.2, -0.15) is 5.26 Å². The highest BCUT2D eigenvalue weighted by Gasteiger charge is 2.35. The maximum absolute atomic E-state index is 11.4. The van der Waals surface area contributed by atoms with Crippen LogP contribution in [0.4, 0.5) is 0 Å². The first kappa shape index (κ1) is 27.2. The van der Waals surface area contributed by atoms with Crippen LogP contribution in [0, 0.1) is 16.7 Å². The Morgan fingerprint density at radius 3 is 2.71 bits per heavy atom. The third-order valence-electron chi connectivity index (χ3n) is 6.88. The molecule has 0 aromatic heterocycles. The number of rotatable bonds is 12. The van der Waals surface area contributed by atoms with Gasteiger partial charge in [0.1, 0.15) is 18.5 Å². The van der Waals surface area contributed by atoms with E-state index in [0.29, 0.717) is 12.3 Å². The Morgan fingerprint density at radius 2 is 1.97 bits per heavy atom. The number of aryl methyl sites for hydroxylation is 1. The van der Waals surface area contributed by atoms with Gasteiger partial charge in [0.2, 0.25) is 6.79 Å². The molecule has 0 radical (unpaired) electrons. The lowest BCUT2D eigenvalue weighted by molar-refractivity contribution is -0.141. The number of ether oxygens (including phenoxy) is 3. The van der Waals surface area contributed by atoms with Crippen molar-refractivity contribution >= 4 is 5.97 Å². The SMILES string of the molecule is CC(C)(CCCc1ccc2c(c1)OCO2)NC[C@@H](O)COc1cccc(C2C=CC(C#N)(C(=O)O)C=C2)c1. The van der Waals surface area contributed by atoms with Crippen molar-refractivity contribution in [1.29, 1.82) is 5.26 Å². The molecule has 1 aliphatic carbocycles. The van der Waals surface area contributed by atoms with Crippen LogP contribution < -0.4 is 19.5 Å². The Balaban J connectivity index is 1.20. The van der Waals surface area contributed by atoms with Gasteiger partial charge in [0.05, 0.1) is 6.07 Å². The first-order chi connectivity index (χ1) is 18.2. The second-order valence-corrected chi connectivity index (χ2v) is 10.4. The number of benzene rings is 2. The molecule has 2 aromatic rings. The lowest BCUT2D eigenvalue weighted by Crippen LogP contribution is -2.44. The Hall–Kier alpha value is -3.80. The normalized spacial score (nSPS) is 20.6. The Bertz CT molecular complexity index is 1230. The molecule has 1 atom stereocenters. The summed E-state index contributed by atoms with van der Waals surface area (Å²) in [6, 6.07) is 15.3. The number of nitrogens with zero attached hydrogens (tertiary/aromatic N) is 1. The molecule has 0 amide bonds. The van der Waals surface area contributed by atoms with Gasteiger partial charge in [0.25, 0.3) is 0 Å². The molecule has 38 heavy (non-hydrogen) atoms. The van der Waals surface area contributed by atoms with Crippen LogP contribution in [-0.4, -0.2) is 47.8 Å². The average molecular weight is 519 g/mol. The number of β-amino-alcohol motifs (C(OH)–C–C–N with tert-alkyl or cyclic N) is 1. The highest BCUT2D eigenvalue weighted by atomic mass is 16.7. The van der Waals surface area contributed by atoms with Crippen LogP contribution in [0.3, 0.4) is 0 Å². The zero-order valence-corrected chi connectivity index (χ0v) is 21.7. The Morgan fingerprint density at radius 1 is 1.21 bits per heavy atom. The lowest BCUT2D eigenvalue weighted by atomic mass is 9.81. The predicted molar refractivity (Wildman–Crippen MR) is 142 cm³/mol. The molecular weight excluding hydrogens is 484 g/mol. The molecule has 0 bridgehead atoms. The number of hydrogen-bond acceptors (Lipinski definition) is 7. The summed E-state index contributed by atoms with van der Waals surface area (Å²) in [5.41, 5.74) is 0.349. The molecule has 4 rings (SSSR count). The van der Waals surface area contributed by atoms with Gasteiger partial charge in [-0.05, 0) is 68.5 Å². The molecular formula is C30H34N2O6. The van der Waals surface area contributed by atoms with Gasteiger partial charge in [-0.15, -0.1) is 0 Å². The van der Waals surface area contributed by atoms with E-state index in [4.69, 9.17) is 14.2 Å². The van der Waals surface area contributed by atoms with E-state index in [0.717, 1.165) is 36.3 Å². The molecule has 3 N–H and O–H groups in total. The van der Waals surface area contributed by atoms with Crippen LogP contribution in [-0.2, 0) is 11.2 Å².